The van der Waals surface area contributed by atoms with Crippen LogP contribution in [0.4, 0.5) is 0 Å². The van der Waals surface area contributed by atoms with Crippen LogP contribution in [0, 0.1) is 6.92 Å². The van der Waals surface area contributed by atoms with E-state index in [2.05, 4.69) is 10.4 Å². The average Bonchev–Trinajstić information content (AvgIpc) is 3.19. The molecule has 0 bridgehead atoms. The zero-order valence-electron chi connectivity index (χ0n) is 13.2. The van der Waals surface area contributed by atoms with Crippen molar-refractivity contribution >= 4 is 28.8 Å². The summed E-state index contributed by atoms with van der Waals surface area (Å²) in [5.41, 5.74) is 1.82. The van der Waals surface area contributed by atoms with Crippen molar-refractivity contribution in [1.29, 1.82) is 0 Å². The molecule has 0 unspecified atom stereocenters. The maximum atomic E-state index is 12.3. The monoisotopic (exact) mass is 361 g/mol. The summed E-state index contributed by atoms with van der Waals surface area (Å²) in [6, 6.07) is 9.25. The van der Waals surface area contributed by atoms with E-state index < -0.39 is 0 Å². The number of amides is 1. The molecule has 3 aromatic rings. The number of aryl methyl sites for hydroxylation is 1. The van der Waals surface area contributed by atoms with Crippen molar-refractivity contribution in [2.75, 3.05) is 7.11 Å². The second-order valence-electron chi connectivity index (χ2n) is 5.21. The minimum Gasteiger partial charge on any atom is -0.495 e. The lowest BCUT2D eigenvalue weighted by Crippen LogP contribution is -2.22. The first-order valence-electron chi connectivity index (χ1n) is 7.29. The van der Waals surface area contributed by atoms with Crippen LogP contribution in [0.15, 0.2) is 42.7 Å². The third kappa shape index (κ3) is 3.60. The Hall–Kier alpha value is -2.31. The summed E-state index contributed by atoms with van der Waals surface area (Å²) in [5.74, 6) is 0.455. The highest BCUT2D eigenvalue weighted by molar-refractivity contribution is 7.14. The quantitative estimate of drug-likeness (QED) is 0.751. The topological polar surface area (TPSA) is 56.1 Å². The van der Waals surface area contributed by atoms with Crippen molar-refractivity contribution in [2.24, 2.45) is 0 Å². The number of ether oxygens (including phenoxy) is 1. The molecule has 0 aliphatic rings. The van der Waals surface area contributed by atoms with Gasteiger partial charge in [-0.25, -0.2) is 4.68 Å². The molecule has 0 saturated carbocycles. The molecule has 0 aliphatic carbocycles. The Bertz CT molecular complexity index is 855. The van der Waals surface area contributed by atoms with E-state index in [1.807, 2.05) is 43.5 Å². The van der Waals surface area contributed by atoms with Gasteiger partial charge in [0.2, 0.25) is 0 Å². The molecule has 0 aliphatic heterocycles. The minimum atomic E-state index is -0.149. The molecule has 24 heavy (non-hydrogen) atoms. The smallest absolute Gasteiger partial charge is 0.265 e. The average molecular weight is 362 g/mol. The van der Waals surface area contributed by atoms with Crippen LogP contribution >= 0.6 is 22.9 Å². The van der Waals surface area contributed by atoms with Crippen LogP contribution in [0.3, 0.4) is 0 Å². The molecule has 0 atom stereocenters. The van der Waals surface area contributed by atoms with E-state index >= 15 is 0 Å². The molecule has 1 N–H and O–H groups in total. The number of benzene rings is 1. The Labute approximate surface area is 148 Å². The number of methoxy groups -OCH3 is 1. The number of carbonyl (C=O) groups excluding carboxylic acids is 1. The van der Waals surface area contributed by atoms with E-state index in [-0.39, 0.29) is 5.91 Å². The van der Waals surface area contributed by atoms with Crippen LogP contribution in [0.2, 0.25) is 5.02 Å². The molecule has 0 spiro atoms. The molecule has 124 valence electrons. The second-order valence-corrected chi connectivity index (χ2v) is 6.90. The molecular formula is C17H16ClN3O2S. The molecule has 1 amide bonds. The van der Waals surface area contributed by atoms with E-state index in [4.69, 9.17) is 16.3 Å². The number of hydrogen-bond acceptors (Lipinski definition) is 4. The third-order valence-corrected chi connectivity index (χ3v) is 4.71. The highest BCUT2D eigenvalue weighted by Gasteiger charge is 2.15. The number of nitrogens with zero attached hydrogens (tertiary/aromatic N) is 2. The number of aromatic nitrogens is 2. The summed E-state index contributed by atoms with van der Waals surface area (Å²) >= 11 is 7.30. The van der Waals surface area contributed by atoms with Gasteiger partial charge in [0.15, 0.2) is 0 Å². The lowest BCUT2D eigenvalue weighted by Gasteiger charge is -2.04. The molecular weight excluding hydrogens is 346 g/mol. The standard InChI is InChI=1S/C17H16ClN3O2S/c1-11-7-15(23-2)16(24-11)17(22)19-8-12-9-20-21(10-12)14-5-3-13(18)4-6-14/h3-7,9-10H,8H2,1-2H3,(H,19,22). The zero-order valence-corrected chi connectivity index (χ0v) is 14.8. The van der Waals surface area contributed by atoms with Crippen LogP contribution in [0.5, 0.6) is 5.75 Å². The lowest BCUT2D eigenvalue weighted by molar-refractivity contribution is 0.0952. The molecule has 2 aromatic heterocycles. The Morgan fingerprint density at radius 1 is 1.38 bits per heavy atom. The largest absolute Gasteiger partial charge is 0.495 e. The molecule has 1 aromatic carbocycles. The summed E-state index contributed by atoms with van der Waals surface area (Å²) in [4.78, 5) is 13.9. The first kappa shape index (κ1) is 16.5. The fourth-order valence-electron chi connectivity index (χ4n) is 2.25. The molecule has 0 saturated heterocycles. The molecule has 7 heteroatoms. The summed E-state index contributed by atoms with van der Waals surface area (Å²) in [5, 5.41) is 7.88. The van der Waals surface area contributed by atoms with Crippen LogP contribution < -0.4 is 10.1 Å². The van der Waals surface area contributed by atoms with Gasteiger partial charge >= 0.3 is 0 Å². The molecule has 0 fully saturated rings. The predicted molar refractivity (Wildman–Crippen MR) is 95.4 cm³/mol. The Balaban J connectivity index is 1.67. The van der Waals surface area contributed by atoms with Crippen LogP contribution in [-0.4, -0.2) is 22.8 Å². The van der Waals surface area contributed by atoms with Crippen LogP contribution in [0.25, 0.3) is 5.69 Å². The zero-order chi connectivity index (χ0) is 17.1. The number of carbonyl (C=O) groups is 1. The molecule has 2 heterocycles. The van der Waals surface area contributed by atoms with E-state index in [1.54, 1.807) is 18.0 Å². The first-order chi connectivity index (χ1) is 11.6. The van der Waals surface area contributed by atoms with Gasteiger partial charge in [0.1, 0.15) is 10.6 Å². The number of rotatable bonds is 5. The van der Waals surface area contributed by atoms with Gasteiger partial charge in [-0.3, -0.25) is 4.79 Å². The highest BCUT2D eigenvalue weighted by atomic mass is 35.5. The van der Waals surface area contributed by atoms with Crippen molar-refractivity contribution in [3.05, 3.63) is 63.1 Å². The van der Waals surface area contributed by atoms with Gasteiger partial charge in [-0.1, -0.05) is 11.6 Å². The molecule has 0 radical (unpaired) electrons. The third-order valence-electron chi connectivity index (χ3n) is 3.43. The summed E-state index contributed by atoms with van der Waals surface area (Å²) < 4.78 is 6.98. The fourth-order valence-corrected chi connectivity index (χ4v) is 3.27. The van der Waals surface area contributed by atoms with E-state index in [0.29, 0.717) is 22.2 Å². The highest BCUT2D eigenvalue weighted by Crippen LogP contribution is 2.28. The summed E-state index contributed by atoms with van der Waals surface area (Å²) in [6.07, 6.45) is 3.60. The normalized spacial score (nSPS) is 10.6. The molecule has 3 rings (SSSR count). The predicted octanol–water partition coefficient (Wildman–Crippen LogP) is 3.83. The van der Waals surface area contributed by atoms with Gasteiger partial charge in [0, 0.05) is 28.2 Å². The minimum absolute atomic E-state index is 0.149. The van der Waals surface area contributed by atoms with Crippen molar-refractivity contribution in [3.8, 4) is 11.4 Å². The lowest BCUT2D eigenvalue weighted by atomic mass is 10.3. The van der Waals surface area contributed by atoms with Gasteiger partial charge in [-0.15, -0.1) is 11.3 Å². The maximum absolute atomic E-state index is 12.3. The van der Waals surface area contributed by atoms with Crippen LogP contribution in [-0.2, 0) is 6.54 Å². The first-order valence-corrected chi connectivity index (χ1v) is 8.48. The van der Waals surface area contributed by atoms with Gasteiger partial charge in [0.25, 0.3) is 5.91 Å². The Morgan fingerprint density at radius 3 is 2.83 bits per heavy atom. The van der Waals surface area contributed by atoms with Gasteiger partial charge in [-0.2, -0.15) is 5.10 Å². The van der Waals surface area contributed by atoms with Crippen molar-refractivity contribution < 1.29 is 9.53 Å². The second kappa shape index (κ2) is 7.07. The number of hydrogen-bond donors (Lipinski definition) is 1. The molecule has 5 nitrogen and oxygen atoms in total. The number of nitrogens with one attached hydrogen (secondary N) is 1. The summed E-state index contributed by atoms with van der Waals surface area (Å²) in [7, 11) is 1.56. The number of halogens is 1. The SMILES string of the molecule is COc1cc(C)sc1C(=O)NCc1cnn(-c2ccc(Cl)cc2)c1. The Morgan fingerprint density at radius 2 is 2.12 bits per heavy atom. The van der Waals surface area contributed by atoms with Gasteiger partial charge < -0.3 is 10.1 Å². The van der Waals surface area contributed by atoms with E-state index in [0.717, 1.165) is 16.1 Å². The van der Waals surface area contributed by atoms with Crippen molar-refractivity contribution in [1.82, 2.24) is 15.1 Å². The van der Waals surface area contributed by atoms with Gasteiger partial charge in [0.05, 0.1) is 19.0 Å². The van der Waals surface area contributed by atoms with Gasteiger partial charge in [-0.05, 0) is 37.3 Å². The fraction of sp³-hybridized carbons (Fsp3) is 0.176. The van der Waals surface area contributed by atoms with Crippen molar-refractivity contribution in [2.45, 2.75) is 13.5 Å². The Kier molecular flexibility index (Phi) is 4.87. The van der Waals surface area contributed by atoms with E-state index in [1.165, 1.54) is 11.3 Å². The van der Waals surface area contributed by atoms with Crippen molar-refractivity contribution in [3.63, 3.8) is 0 Å². The summed E-state index contributed by atoms with van der Waals surface area (Å²) in [6.45, 7) is 2.34. The van der Waals surface area contributed by atoms with Crippen LogP contribution in [0.1, 0.15) is 20.1 Å². The number of thiophene rings is 1. The van der Waals surface area contributed by atoms with E-state index in [9.17, 15) is 4.79 Å². The maximum Gasteiger partial charge on any atom is 0.265 e.